The molecule has 1 aliphatic heterocycles. The Morgan fingerprint density at radius 3 is 1.63 bits per heavy atom. The van der Waals surface area contributed by atoms with Gasteiger partial charge < -0.3 is 0 Å². The van der Waals surface area contributed by atoms with Crippen molar-refractivity contribution in [2.24, 2.45) is 0 Å². The van der Waals surface area contributed by atoms with Crippen LogP contribution in [0.5, 0.6) is 0 Å². The zero-order chi connectivity index (χ0) is 20.8. The van der Waals surface area contributed by atoms with Gasteiger partial charge in [-0.05, 0) is 33.9 Å². The number of hydrogen-bond acceptors (Lipinski definition) is 2. The van der Waals surface area contributed by atoms with Crippen LogP contribution in [0.1, 0.15) is 5.56 Å². The largest absolute Gasteiger partial charge is 0.192 e. The number of benzene rings is 3. The van der Waals surface area contributed by atoms with Crippen LogP contribution in [0.3, 0.4) is 0 Å². The highest BCUT2D eigenvalue weighted by molar-refractivity contribution is 7.93. The first kappa shape index (κ1) is 19.5. The second-order valence-electron chi connectivity index (χ2n) is 6.87. The molecule has 3 aromatic carbocycles. The predicted molar refractivity (Wildman–Crippen MR) is 127 cm³/mol. The lowest BCUT2D eigenvalue weighted by Crippen LogP contribution is -2.24. The third-order valence-electron chi connectivity index (χ3n) is 5.11. The van der Waals surface area contributed by atoms with E-state index >= 15 is 0 Å². The molecule has 0 atom stereocenters. The predicted octanol–water partition coefficient (Wildman–Crippen LogP) is 5.41. The zero-order valence-electron chi connectivity index (χ0n) is 16.3. The van der Waals surface area contributed by atoms with Crippen molar-refractivity contribution in [1.29, 1.82) is 10.5 Å². The van der Waals surface area contributed by atoms with E-state index in [1.165, 1.54) is 0 Å². The van der Waals surface area contributed by atoms with E-state index in [1.807, 2.05) is 115 Å². The summed E-state index contributed by atoms with van der Waals surface area (Å²) >= 11 is 0. The lowest BCUT2D eigenvalue weighted by Gasteiger charge is -2.30. The topological polar surface area (TPSA) is 47.6 Å². The highest BCUT2D eigenvalue weighted by Crippen LogP contribution is 2.56. The Balaban J connectivity index is 2.00. The summed E-state index contributed by atoms with van der Waals surface area (Å²) in [7, 11) is 0. The molecule has 1 aliphatic rings. The highest BCUT2D eigenvalue weighted by Gasteiger charge is 2.33. The van der Waals surface area contributed by atoms with Crippen molar-refractivity contribution in [3.63, 3.8) is 0 Å². The van der Waals surface area contributed by atoms with Gasteiger partial charge in [0.2, 0.25) is 0 Å². The van der Waals surface area contributed by atoms with Gasteiger partial charge in [0.25, 0.3) is 0 Å². The van der Waals surface area contributed by atoms with E-state index in [0.29, 0.717) is 10.6 Å². The minimum Gasteiger partial charge on any atom is -0.192 e. The third-order valence-corrected chi connectivity index (χ3v) is 9.16. The van der Waals surface area contributed by atoms with Crippen LogP contribution in [-0.2, 0) is 0 Å². The lowest BCUT2D eigenvalue weighted by atomic mass is 10.1. The summed E-state index contributed by atoms with van der Waals surface area (Å²) in [6.07, 6.45) is 7.85. The molecule has 0 unspecified atom stereocenters. The quantitative estimate of drug-likeness (QED) is 0.548. The fraction of sp³-hybridized carbons (Fsp3) is 0. The SMILES string of the molecule is N#CC1=CC(/C=C/c2ccccc2)=CC(C#N)=P1(c1ccccc1)c1ccccc1. The number of nitriles is 2. The normalized spacial score (nSPS) is 15.1. The molecule has 2 nitrogen and oxygen atoms in total. The van der Waals surface area contributed by atoms with Crippen molar-refractivity contribution in [2.45, 2.75) is 0 Å². The minimum absolute atomic E-state index is 0.645. The maximum absolute atomic E-state index is 10.2. The molecule has 0 N–H and O–H groups in total. The first-order valence-corrected chi connectivity index (χ1v) is 11.4. The van der Waals surface area contributed by atoms with Crippen LogP contribution in [0.15, 0.2) is 120 Å². The van der Waals surface area contributed by atoms with Crippen LogP contribution in [0.25, 0.3) is 6.08 Å². The summed E-state index contributed by atoms with van der Waals surface area (Å²) < 4.78 is 0. The number of hydrogen-bond donors (Lipinski definition) is 0. The standard InChI is InChI=1S/C27H19N2P/c28-20-26-18-23(17-16-22-10-4-1-5-11-22)19-27(21-29)30(26,24-12-6-2-7-13-24)25-14-8-3-9-15-25/h1-19H/b17-16+. The summed E-state index contributed by atoms with van der Waals surface area (Å²) in [4.78, 5) is 0. The molecule has 0 bridgehead atoms. The van der Waals surface area contributed by atoms with Gasteiger partial charge in [0.1, 0.15) is 12.1 Å². The molecule has 1 heterocycles. The monoisotopic (exact) mass is 402 g/mol. The van der Waals surface area contributed by atoms with E-state index in [9.17, 15) is 10.5 Å². The van der Waals surface area contributed by atoms with Crippen molar-refractivity contribution in [2.75, 3.05) is 0 Å². The summed E-state index contributed by atoms with van der Waals surface area (Å²) in [5, 5.41) is 23.7. The Morgan fingerprint density at radius 2 is 1.13 bits per heavy atom. The summed E-state index contributed by atoms with van der Waals surface area (Å²) in [6.45, 7) is -2.50. The second-order valence-corrected chi connectivity index (χ2v) is 10.2. The second kappa shape index (κ2) is 8.67. The van der Waals surface area contributed by atoms with E-state index in [2.05, 4.69) is 12.1 Å². The Labute approximate surface area is 177 Å². The number of nitrogens with zero attached hydrogens (tertiary/aromatic N) is 2. The molecular formula is C27H19N2P. The molecule has 3 aromatic rings. The van der Waals surface area contributed by atoms with E-state index in [0.717, 1.165) is 21.7 Å². The maximum Gasteiger partial charge on any atom is 0.100 e. The molecule has 0 amide bonds. The number of allylic oxidation sites excluding steroid dienone is 5. The van der Waals surface area contributed by atoms with E-state index in [-0.39, 0.29) is 0 Å². The van der Waals surface area contributed by atoms with Crippen LogP contribution >= 0.6 is 6.89 Å². The molecule has 0 saturated heterocycles. The Morgan fingerprint density at radius 1 is 0.600 bits per heavy atom. The zero-order valence-corrected chi connectivity index (χ0v) is 17.2. The summed E-state index contributed by atoms with van der Waals surface area (Å²) in [5.74, 6) is 0. The number of rotatable bonds is 4. The molecule has 0 aromatic heterocycles. The van der Waals surface area contributed by atoms with Crippen molar-refractivity contribution < 1.29 is 0 Å². The van der Waals surface area contributed by atoms with Crippen molar-refractivity contribution in [3.05, 3.63) is 126 Å². The van der Waals surface area contributed by atoms with E-state index in [4.69, 9.17) is 0 Å². The van der Waals surface area contributed by atoms with Gasteiger partial charge in [0.15, 0.2) is 0 Å². The van der Waals surface area contributed by atoms with Gasteiger partial charge in [-0.1, -0.05) is 103 Å². The molecule has 3 heteroatoms. The first-order valence-electron chi connectivity index (χ1n) is 9.64. The molecule has 0 aliphatic carbocycles. The fourth-order valence-corrected chi connectivity index (χ4v) is 7.65. The molecule has 30 heavy (non-hydrogen) atoms. The van der Waals surface area contributed by atoms with Gasteiger partial charge >= 0.3 is 0 Å². The average Bonchev–Trinajstić information content (AvgIpc) is 2.83. The molecule has 4 rings (SSSR count). The maximum atomic E-state index is 10.2. The van der Waals surface area contributed by atoms with Crippen LogP contribution in [0.2, 0.25) is 0 Å². The molecule has 0 saturated carbocycles. The highest BCUT2D eigenvalue weighted by atomic mass is 31.2. The van der Waals surface area contributed by atoms with Crippen LogP contribution in [0.4, 0.5) is 0 Å². The van der Waals surface area contributed by atoms with Crippen LogP contribution in [-0.4, -0.2) is 5.29 Å². The molecule has 0 fully saturated rings. The first-order chi connectivity index (χ1) is 14.8. The molecule has 0 spiro atoms. The fourth-order valence-electron chi connectivity index (χ4n) is 3.76. The Hall–Kier alpha value is -3.84. The Bertz CT molecular complexity index is 1240. The van der Waals surface area contributed by atoms with Gasteiger partial charge in [-0.3, -0.25) is 0 Å². The van der Waals surface area contributed by atoms with Gasteiger partial charge in [-0.2, -0.15) is 10.5 Å². The van der Waals surface area contributed by atoms with Crippen molar-refractivity contribution in [3.8, 4) is 12.1 Å². The smallest absolute Gasteiger partial charge is 0.100 e. The molecule has 142 valence electrons. The van der Waals surface area contributed by atoms with Gasteiger partial charge in [0.05, 0.1) is 10.6 Å². The average molecular weight is 402 g/mol. The van der Waals surface area contributed by atoms with Gasteiger partial charge in [-0.15, -0.1) is 0 Å². The van der Waals surface area contributed by atoms with Crippen LogP contribution in [0, 0.1) is 22.7 Å². The van der Waals surface area contributed by atoms with Gasteiger partial charge in [-0.25, -0.2) is 0 Å². The van der Waals surface area contributed by atoms with Crippen molar-refractivity contribution in [1.82, 2.24) is 0 Å². The van der Waals surface area contributed by atoms with E-state index < -0.39 is 6.89 Å². The molecular weight excluding hydrogens is 383 g/mol. The Kier molecular flexibility index (Phi) is 5.63. The summed E-state index contributed by atoms with van der Waals surface area (Å²) in [5.41, 5.74) is 1.93. The van der Waals surface area contributed by atoms with Crippen LogP contribution < -0.4 is 10.6 Å². The third kappa shape index (κ3) is 3.46. The minimum atomic E-state index is -2.50. The molecule has 0 radical (unpaired) electrons. The van der Waals surface area contributed by atoms with Crippen molar-refractivity contribution >= 4 is 28.9 Å². The summed E-state index contributed by atoms with van der Waals surface area (Å²) in [6, 6.07) is 34.8. The van der Waals surface area contributed by atoms with E-state index in [1.54, 1.807) is 0 Å². The van der Waals surface area contributed by atoms with Gasteiger partial charge in [0, 0.05) is 6.89 Å². The lowest BCUT2D eigenvalue weighted by molar-refractivity contribution is 1.51.